The van der Waals surface area contributed by atoms with E-state index in [9.17, 15) is 15.0 Å². The number of hydrogen-bond acceptors (Lipinski definition) is 7. The molecule has 0 aliphatic rings. The third kappa shape index (κ3) is 3.80. The van der Waals surface area contributed by atoms with Crippen molar-refractivity contribution in [2.24, 2.45) is 0 Å². The van der Waals surface area contributed by atoms with Gasteiger partial charge in [0.15, 0.2) is 0 Å². The van der Waals surface area contributed by atoms with Crippen molar-refractivity contribution < 1.29 is 15.0 Å². The number of nitriles is 1. The minimum atomic E-state index is -0.635. The summed E-state index contributed by atoms with van der Waals surface area (Å²) in [4.78, 5) is 12.0. The van der Waals surface area contributed by atoms with Crippen molar-refractivity contribution >= 4 is 28.5 Å². The third-order valence-electron chi connectivity index (χ3n) is 2.59. The molecule has 2 rings (SSSR count). The number of carbonyl (C=O) groups is 1. The van der Waals surface area contributed by atoms with Gasteiger partial charge in [-0.15, -0.1) is 10.2 Å². The van der Waals surface area contributed by atoms with Gasteiger partial charge in [-0.2, -0.15) is 5.26 Å². The molecule has 0 aliphatic carbocycles. The highest BCUT2D eigenvalue weighted by Gasteiger charge is 2.12. The Hall–Kier alpha value is -2.92. The number of aryl methyl sites for hydroxylation is 1. The molecule has 0 bridgehead atoms. The molecule has 7 nitrogen and oxygen atoms in total. The fraction of sp³-hybridized carbons (Fsp3) is 0.143. The second-order valence-corrected chi connectivity index (χ2v) is 5.32. The molecular formula is C14H12N4O3S. The van der Waals surface area contributed by atoms with Gasteiger partial charge >= 0.3 is 0 Å². The lowest BCUT2D eigenvalue weighted by atomic mass is 10.1. The van der Waals surface area contributed by atoms with Crippen LogP contribution in [0.5, 0.6) is 11.5 Å². The fourth-order valence-corrected chi connectivity index (χ4v) is 2.30. The number of carbonyl (C=O) groups excluding carboxylic acids is 1. The zero-order chi connectivity index (χ0) is 16.1. The fourth-order valence-electron chi connectivity index (χ4n) is 1.63. The van der Waals surface area contributed by atoms with Crippen LogP contribution in [-0.4, -0.2) is 26.3 Å². The molecule has 0 fully saturated rings. The smallest absolute Gasteiger partial charge is 0.268 e. The number of aromatic nitrogens is 2. The predicted molar refractivity (Wildman–Crippen MR) is 81.3 cm³/mol. The molecule has 0 unspecified atom stereocenters. The summed E-state index contributed by atoms with van der Waals surface area (Å²) in [5.74, 6) is -0.967. The van der Waals surface area contributed by atoms with Crippen LogP contribution < -0.4 is 5.32 Å². The molecule has 1 aromatic carbocycles. The maximum atomic E-state index is 12.0. The van der Waals surface area contributed by atoms with E-state index in [1.165, 1.54) is 29.5 Å². The molecule has 1 heterocycles. The zero-order valence-corrected chi connectivity index (χ0v) is 12.4. The highest BCUT2D eigenvalue weighted by atomic mass is 32.1. The number of nitrogens with zero attached hydrogens (tertiary/aromatic N) is 3. The molecular weight excluding hydrogens is 304 g/mol. The lowest BCUT2D eigenvalue weighted by Gasteiger charge is -2.01. The van der Waals surface area contributed by atoms with Crippen LogP contribution in [0.2, 0.25) is 0 Å². The third-order valence-corrected chi connectivity index (χ3v) is 3.57. The van der Waals surface area contributed by atoms with Crippen LogP contribution in [0.25, 0.3) is 6.08 Å². The van der Waals surface area contributed by atoms with Crippen molar-refractivity contribution in [3.05, 3.63) is 34.3 Å². The average Bonchev–Trinajstić information content (AvgIpc) is 2.91. The summed E-state index contributed by atoms with van der Waals surface area (Å²) in [6.07, 6.45) is 1.97. The van der Waals surface area contributed by atoms with Crippen molar-refractivity contribution in [2.45, 2.75) is 13.3 Å². The SMILES string of the molecule is CCc1nnc(NC(=O)/C(C#N)=C/c2cc(O)cc(O)c2)s1. The van der Waals surface area contributed by atoms with Crippen molar-refractivity contribution in [1.29, 1.82) is 5.26 Å². The monoisotopic (exact) mass is 316 g/mol. The molecule has 1 amide bonds. The van der Waals surface area contributed by atoms with Crippen molar-refractivity contribution in [1.82, 2.24) is 10.2 Å². The maximum absolute atomic E-state index is 12.0. The second-order valence-electron chi connectivity index (χ2n) is 4.26. The summed E-state index contributed by atoms with van der Waals surface area (Å²) in [5, 5.41) is 39.1. The van der Waals surface area contributed by atoms with Gasteiger partial charge in [0.25, 0.3) is 5.91 Å². The van der Waals surface area contributed by atoms with E-state index >= 15 is 0 Å². The number of amides is 1. The number of phenols is 2. The summed E-state index contributed by atoms with van der Waals surface area (Å²) in [5.41, 5.74) is 0.147. The highest BCUT2D eigenvalue weighted by molar-refractivity contribution is 7.15. The summed E-state index contributed by atoms with van der Waals surface area (Å²) in [6.45, 7) is 1.92. The number of aromatic hydroxyl groups is 2. The zero-order valence-electron chi connectivity index (χ0n) is 11.6. The van der Waals surface area contributed by atoms with Crippen LogP contribution in [0.3, 0.4) is 0 Å². The van der Waals surface area contributed by atoms with Gasteiger partial charge in [0.1, 0.15) is 28.1 Å². The molecule has 8 heteroatoms. The summed E-state index contributed by atoms with van der Waals surface area (Å²) < 4.78 is 0. The van der Waals surface area contributed by atoms with Crippen LogP contribution in [0.4, 0.5) is 5.13 Å². The summed E-state index contributed by atoms with van der Waals surface area (Å²) >= 11 is 1.23. The first kappa shape index (κ1) is 15.5. The standard InChI is InChI=1S/C14H12N4O3S/c1-2-12-17-18-14(22-12)16-13(21)9(7-15)3-8-4-10(19)6-11(20)5-8/h3-6,19-20H,2H2,1H3,(H,16,18,21)/b9-3+. The van der Waals surface area contributed by atoms with Gasteiger partial charge in [-0.25, -0.2) is 0 Å². The van der Waals surface area contributed by atoms with Gasteiger partial charge in [0, 0.05) is 6.07 Å². The molecule has 0 spiro atoms. The molecule has 0 saturated heterocycles. The van der Waals surface area contributed by atoms with Crippen molar-refractivity contribution in [3.63, 3.8) is 0 Å². The Morgan fingerprint density at radius 1 is 1.36 bits per heavy atom. The number of benzene rings is 1. The molecule has 0 saturated carbocycles. The Bertz CT molecular complexity index is 756. The maximum Gasteiger partial charge on any atom is 0.268 e. The highest BCUT2D eigenvalue weighted by Crippen LogP contribution is 2.22. The molecule has 1 aromatic heterocycles. The quantitative estimate of drug-likeness (QED) is 0.586. The van der Waals surface area contributed by atoms with Crippen molar-refractivity contribution in [3.8, 4) is 17.6 Å². The first-order valence-electron chi connectivity index (χ1n) is 6.30. The number of rotatable bonds is 4. The average molecular weight is 316 g/mol. The Morgan fingerprint density at radius 3 is 2.59 bits per heavy atom. The van der Waals surface area contributed by atoms with E-state index in [2.05, 4.69) is 15.5 Å². The van der Waals surface area contributed by atoms with Crippen LogP contribution in [0, 0.1) is 11.3 Å². The lowest BCUT2D eigenvalue weighted by Crippen LogP contribution is -2.13. The Labute approximate surface area is 130 Å². The van der Waals surface area contributed by atoms with E-state index in [0.717, 1.165) is 11.1 Å². The Kier molecular flexibility index (Phi) is 4.70. The topological polar surface area (TPSA) is 119 Å². The molecule has 0 radical (unpaired) electrons. The molecule has 0 aliphatic heterocycles. The molecule has 112 valence electrons. The van der Waals surface area contributed by atoms with Crippen LogP contribution in [0.15, 0.2) is 23.8 Å². The van der Waals surface area contributed by atoms with Crippen LogP contribution in [-0.2, 0) is 11.2 Å². The molecule has 3 N–H and O–H groups in total. The largest absolute Gasteiger partial charge is 0.508 e. The van der Waals surface area contributed by atoms with Crippen molar-refractivity contribution in [2.75, 3.05) is 5.32 Å². The number of hydrogen-bond donors (Lipinski definition) is 3. The van der Waals surface area contributed by atoms with Gasteiger partial charge in [-0.3, -0.25) is 10.1 Å². The van der Waals surface area contributed by atoms with E-state index in [1.807, 2.05) is 6.92 Å². The van der Waals surface area contributed by atoms with Crippen LogP contribution >= 0.6 is 11.3 Å². The number of nitrogens with one attached hydrogen (secondary N) is 1. The molecule has 22 heavy (non-hydrogen) atoms. The number of phenolic OH excluding ortho intramolecular Hbond substituents is 2. The second kappa shape index (κ2) is 6.69. The van der Waals surface area contributed by atoms with Gasteiger partial charge in [0.2, 0.25) is 5.13 Å². The first-order valence-corrected chi connectivity index (χ1v) is 7.12. The minimum absolute atomic E-state index is 0.166. The Balaban J connectivity index is 2.21. The summed E-state index contributed by atoms with van der Waals surface area (Å²) in [6, 6.07) is 5.57. The van der Waals surface area contributed by atoms with Crippen LogP contribution in [0.1, 0.15) is 17.5 Å². The predicted octanol–water partition coefficient (Wildman–Crippen LogP) is 2.06. The van der Waals surface area contributed by atoms with E-state index in [1.54, 1.807) is 6.07 Å². The summed E-state index contributed by atoms with van der Waals surface area (Å²) in [7, 11) is 0. The minimum Gasteiger partial charge on any atom is -0.508 e. The van der Waals surface area contributed by atoms with E-state index in [0.29, 0.717) is 17.1 Å². The van der Waals surface area contributed by atoms with Gasteiger partial charge < -0.3 is 10.2 Å². The van der Waals surface area contributed by atoms with E-state index in [-0.39, 0.29) is 17.1 Å². The van der Waals surface area contributed by atoms with E-state index < -0.39 is 5.91 Å². The van der Waals surface area contributed by atoms with E-state index in [4.69, 9.17) is 5.26 Å². The number of anilines is 1. The normalized spacial score (nSPS) is 11.0. The lowest BCUT2D eigenvalue weighted by molar-refractivity contribution is -0.112. The van der Waals surface area contributed by atoms with Gasteiger partial charge in [0.05, 0.1) is 0 Å². The van der Waals surface area contributed by atoms with Gasteiger partial charge in [-0.1, -0.05) is 18.3 Å². The molecule has 0 atom stereocenters. The molecule has 2 aromatic rings. The Morgan fingerprint density at radius 2 is 2.05 bits per heavy atom. The first-order chi connectivity index (χ1) is 10.5. The van der Waals surface area contributed by atoms with Gasteiger partial charge in [-0.05, 0) is 30.2 Å².